The molecular weight excluding hydrogens is 288 g/mol. The molecule has 3 rings (SSSR count). The smallest absolute Gasteiger partial charge is 0.217 e. The minimum atomic E-state index is -3.21. The highest BCUT2D eigenvalue weighted by molar-refractivity contribution is 7.89. The van der Waals surface area contributed by atoms with Crippen molar-refractivity contribution in [1.82, 2.24) is 14.3 Å². The number of hydrogen-bond donors (Lipinski definition) is 1. The van der Waals surface area contributed by atoms with Crippen LogP contribution in [0, 0.1) is 0 Å². The predicted octanol–water partition coefficient (Wildman–Crippen LogP) is 1.93. The first-order valence-electron chi connectivity index (χ1n) is 7.63. The van der Waals surface area contributed by atoms with Gasteiger partial charge in [-0.25, -0.2) is 13.4 Å². The molecule has 0 radical (unpaired) electrons. The molecule has 7 heteroatoms. The molecule has 2 fully saturated rings. The van der Waals surface area contributed by atoms with Gasteiger partial charge in [0.15, 0.2) is 0 Å². The van der Waals surface area contributed by atoms with Crippen LogP contribution in [0.3, 0.4) is 0 Å². The Kier molecular flexibility index (Phi) is 4.12. The molecule has 1 aromatic heterocycles. The number of nitrogens with one attached hydrogen (secondary N) is 1. The molecule has 116 valence electrons. The lowest BCUT2D eigenvalue weighted by Crippen LogP contribution is -2.37. The van der Waals surface area contributed by atoms with E-state index in [-0.39, 0.29) is 11.3 Å². The highest BCUT2D eigenvalue weighted by atomic mass is 32.2. The standard InChI is InChI=1S/C14H22N4O2S/c1-15-14-10-16-9-12(17-14)13-7-4-8-18(13)21(19,20)11-5-2-3-6-11/h9-11,13H,2-8H2,1H3,(H,15,17)/t13-/m0/s1. The largest absolute Gasteiger partial charge is 0.372 e. The van der Waals surface area contributed by atoms with Crippen molar-refractivity contribution >= 4 is 15.8 Å². The van der Waals surface area contributed by atoms with Crippen molar-refractivity contribution in [2.75, 3.05) is 18.9 Å². The van der Waals surface area contributed by atoms with Crippen LogP contribution in [0.2, 0.25) is 0 Å². The van der Waals surface area contributed by atoms with E-state index >= 15 is 0 Å². The summed E-state index contributed by atoms with van der Waals surface area (Å²) in [5.41, 5.74) is 0.751. The highest BCUT2D eigenvalue weighted by Gasteiger charge is 2.41. The van der Waals surface area contributed by atoms with Crippen LogP contribution in [-0.2, 0) is 10.0 Å². The van der Waals surface area contributed by atoms with Crippen LogP contribution >= 0.6 is 0 Å². The van der Waals surface area contributed by atoms with E-state index in [2.05, 4.69) is 15.3 Å². The summed E-state index contributed by atoms with van der Waals surface area (Å²) in [5.74, 6) is 0.678. The summed E-state index contributed by atoms with van der Waals surface area (Å²) in [6, 6.07) is -0.156. The van der Waals surface area contributed by atoms with Crippen LogP contribution in [0.1, 0.15) is 50.3 Å². The van der Waals surface area contributed by atoms with Crippen molar-refractivity contribution in [3.63, 3.8) is 0 Å². The zero-order chi connectivity index (χ0) is 14.9. The van der Waals surface area contributed by atoms with Crippen LogP contribution in [0.15, 0.2) is 12.4 Å². The highest BCUT2D eigenvalue weighted by Crippen LogP contribution is 2.37. The van der Waals surface area contributed by atoms with Gasteiger partial charge >= 0.3 is 0 Å². The molecule has 21 heavy (non-hydrogen) atoms. The third-order valence-electron chi connectivity index (χ3n) is 4.50. The zero-order valence-electron chi connectivity index (χ0n) is 12.3. The third-order valence-corrected chi connectivity index (χ3v) is 6.91. The summed E-state index contributed by atoms with van der Waals surface area (Å²) in [5, 5.41) is 2.76. The van der Waals surface area contributed by atoms with Gasteiger partial charge in [-0.05, 0) is 25.7 Å². The van der Waals surface area contributed by atoms with Crippen molar-refractivity contribution in [1.29, 1.82) is 0 Å². The van der Waals surface area contributed by atoms with Gasteiger partial charge in [-0.1, -0.05) is 12.8 Å². The molecule has 0 spiro atoms. The van der Waals surface area contributed by atoms with Gasteiger partial charge in [0, 0.05) is 13.6 Å². The van der Waals surface area contributed by atoms with Gasteiger partial charge in [0.1, 0.15) is 5.82 Å². The van der Waals surface area contributed by atoms with Gasteiger partial charge in [0.05, 0.1) is 29.4 Å². The van der Waals surface area contributed by atoms with Gasteiger partial charge in [-0.3, -0.25) is 4.98 Å². The number of nitrogens with zero attached hydrogens (tertiary/aromatic N) is 3. The Morgan fingerprint density at radius 3 is 2.67 bits per heavy atom. The lowest BCUT2D eigenvalue weighted by atomic mass is 10.2. The Morgan fingerprint density at radius 1 is 1.19 bits per heavy atom. The van der Waals surface area contributed by atoms with E-state index < -0.39 is 10.0 Å². The van der Waals surface area contributed by atoms with Crippen LogP contribution < -0.4 is 5.32 Å². The molecule has 0 aromatic carbocycles. The van der Waals surface area contributed by atoms with Gasteiger partial charge in [-0.2, -0.15) is 4.31 Å². The minimum absolute atomic E-state index is 0.156. The molecule has 1 atom stereocenters. The maximum atomic E-state index is 12.8. The second-order valence-electron chi connectivity index (χ2n) is 5.80. The maximum Gasteiger partial charge on any atom is 0.217 e. The summed E-state index contributed by atoms with van der Waals surface area (Å²) < 4.78 is 27.3. The Balaban J connectivity index is 1.88. The second-order valence-corrected chi connectivity index (χ2v) is 7.96. The zero-order valence-corrected chi connectivity index (χ0v) is 13.1. The molecule has 1 aliphatic heterocycles. The molecule has 0 bridgehead atoms. The van der Waals surface area contributed by atoms with Gasteiger partial charge in [-0.15, -0.1) is 0 Å². The molecule has 1 N–H and O–H groups in total. The number of sulfonamides is 1. The fourth-order valence-electron chi connectivity index (χ4n) is 3.38. The molecule has 0 unspecified atom stereocenters. The van der Waals surface area contributed by atoms with Crippen molar-refractivity contribution in [2.24, 2.45) is 0 Å². The SMILES string of the molecule is CNc1cncc([C@@H]2CCCN2S(=O)(=O)C2CCCC2)n1. The van der Waals surface area contributed by atoms with E-state index in [1.807, 2.05) is 0 Å². The van der Waals surface area contributed by atoms with E-state index in [0.717, 1.165) is 44.2 Å². The predicted molar refractivity (Wildman–Crippen MR) is 81.4 cm³/mol. The molecule has 0 amide bonds. The lowest BCUT2D eigenvalue weighted by molar-refractivity contribution is 0.383. The fourth-order valence-corrected chi connectivity index (χ4v) is 5.64. The third kappa shape index (κ3) is 2.76. The minimum Gasteiger partial charge on any atom is -0.372 e. The summed E-state index contributed by atoms with van der Waals surface area (Å²) >= 11 is 0. The van der Waals surface area contributed by atoms with Crippen LogP contribution in [0.4, 0.5) is 5.82 Å². The summed E-state index contributed by atoms with van der Waals surface area (Å²) in [4.78, 5) is 8.65. The molecule has 1 aliphatic carbocycles. The summed E-state index contributed by atoms with van der Waals surface area (Å²) in [6.45, 7) is 0.606. The Bertz CT molecular complexity index is 599. The van der Waals surface area contributed by atoms with E-state index in [9.17, 15) is 8.42 Å². The van der Waals surface area contributed by atoms with Crippen molar-refractivity contribution in [3.05, 3.63) is 18.1 Å². The monoisotopic (exact) mass is 310 g/mol. The first-order chi connectivity index (χ1) is 10.1. The van der Waals surface area contributed by atoms with Crippen LogP contribution in [-0.4, -0.2) is 41.5 Å². The first kappa shape index (κ1) is 14.7. The second kappa shape index (κ2) is 5.88. The topological polar surface area (TPSA) is 75.2 Å². The average Bonchev–Trinajstić information content (AvgIpc) is 3.18. The van der Waals surface area contributed by atoms with E-state index in [4.69, 9.17) is 0 Å². The van der Waals surface area contributed by atoms with E-state index in [0.29, 0.717) is 12.4 Å². The van der Waals surface area contributed by atoms with Crippen molar-refractivity contribution < 1.29 is 8.42 Å². The normalized spacial score (nSPS) is 24.5. The molecule has 6 nitrogen and oxygen atoms in total. The Hall–Kier alpha value is -1.21. The average molecular weight is 310 g/mol. The molecule has 1 saturated carbocycles. The van der Waals surface area contributed by atoms with Crippen LogP contribution in [0.5, 0.6) is 0 Å². The first-order valence-corrected chi connectivity index (χ1v) is 9.13. The number of rotatable bonds is 4. The van der Waals surface area contributed by atoms with E-state index in [1.165, 1.54) is 0 Å². The van der Waals surface area contributed by atoms with Crippen LogP contribution in [0.25, 0.3) is 0 Å². The van der Waals surface area contributed by atoms with Crippen molar-refractivity contribution in [3.8, 4) is 0 Å². The van der Waals surface area contributed by atoms with Gasteiger partial charge < -0.3 is 5.32 Å². The van der Waals surface area contributed by atoms with Gasteiger partial charge in [0.2, 0.25) is 10.0 Å². The molecule has 2 aliphatic rings. The van der Waals surface area contributed by atoms with Gasteiger partial charge in [0.25, 0.3) is 0 Å². The molecule has 2 heterocycles. The molecular formula is C14H22N4O2S. The Morgan fingerprint density at radius 2 is 1.95 bits per heavy atom. The quantitative estimate of drug-likeness (QED) is 0.919. The number of aromatic nitrogens is 2. The lowest BCUT2D eigenvalue weighted by Gasteiger charge is -2.26. The maximum absolute atomic E-state index is 12.8. The number of hydrogen-bond acceptors (Lipinski definition) is 5. The number of anilines is 1. The fraction of sp³-hybridized carbons (Fsp3) is 0.714. The molecule has 1 aromatic rings. The summed E-state index contributed by atoms with van der Waals surface area (Å²) in [6.07, 6.45) is 8.70. The molecule has 1 saturated heterocycles. The van der Waals surface area contributed by atoms with Crippen molar-refractivity contribution in [2.45, 2.75) is 49.8 Å². The summed E-state index contributed by atoms with van der Waals surface area (Å²) in [7, 11) is -1.42. The Labute approximate surface area is 126 Å². The van der Waals surface area contributed by atoms with E-state index in [1.54, 1.807) is 23.7 Å².